The number of benzene rings is 5. The Labute approximate surface area is 308 Å². The summed E-state index contributed by atoms with van der Waals surface area (Å²) in [5.41, 5.74) is 32.9. The normalized spacial score (nSPS) is 32.7. The number of hydrogen-bond donors (Lipinski definition) is 0. The van der Waals surface area contributed by atoms with Gasteiger partial charge in [-0.2, -0.15) is 0 Å². The molecule has 0 amide bonds. The first-order chi connectivity index (χ1) is 26.9. The molecule has 5 aromatic carbocycles. The molecule has 3 nitrogen and oxygen atoms in total. The van der Waals surface area contributed by atoms with Crippen LogP contribution in [0.4, 0.5) is 5.69 Å². The van der Waals surface area contributed by atoms with Crippen molar-refractivity contribution in [2.45, 2.75) is 35.3 Å². The fourth-order valence-electron chi connectivity index (χ4n) is 18.3. The Bertz CT molecular complexity index is 3830. The molecular weight excluding hydrogens is 651 g/mol. The number of allylic oxidation sites excluding steroid dienone is 8. The average molecular weight is 673 g/mol. The average Bonchev–Trinajstić information content (AvgIpc) is 4.08. The quantitative estimate of drug-likeness (QED) is 0.164. The molecule has 1 saturated heterocycles. The first-order valence-electron chi connectivity index (χ1n) is 20.7. The molecule has 0 spiro atoms. The lowest BCUT2D eigenvalue weighted by Crippen LogP contribution is -2.69. The van der Waals surface area contributed by atoms with Crippen LogP contribution in [-0.2, 0) is 0 Å². The third-order valence-corrected chi connectivity index (χ3v) is 18.9. The van der Waals surface area contributed by atoms with Crippen molar-refractivity contribution in [3.05, 3.63) is 124 Å². The largest absolute Gasteiger partial charge is 0.341 e. The summed E-state index contributed by atoms with van der Waals surface area (Å²) in [6.07, 6.45) is 10.6. The molecule has 8 atom stereocenters. The second-order valence-electron chi connectivity index (χ2n) is 19.5. The van der Waals surface area contributed by atoms with E-state index in [4.69, 9.17) is 0 Å². The maximum Gasteiger partial charge on any atom is 0.257 e. The summed E-state index contributed by atoms with van der Waals surface area (Å²) in [7, 11) is 0. The fraction of sp³-hybridized carbons (Fsp3) is 0.167. The number of anilines is 1. The molecular formula is C48H22B3N3. The molecule has 0 bridgehead atoms. The highest BCUT2D eigenvalue weighted by Crippen LogP contribution is 2.75. The maximum atomic E-state index is 3.16. The minimum atomic E-state index is 0.290. The first-order valence-corrected chi connectivity index (χ1v) is 20.7. The summed E-state index contributed by atoms with van der Waals surface area (Å²) in [6.45, 7) is 1.42. The van der Waals surface area contributed by atoms with Crippen LogP contribution in [0, 0.1) is 11.8 Å². The summed E-state index contributed by atoms with van der Waals surface area (Å²) in [4.78, 5) is 3.16. The zero-order chi connectivity index (χ0) is 33.0. The van der Waals surface area contributed by atoms with Gasteiger partial charge >= 0.3 is 0 Å². The summed E-state index contributed by atoms with van der Waals surface area (Å²) >= 11 is 0. The second-order valence-corrected chi connectivity index (χ2v) is 19.5. The highest BCUT2D eigenvalue weighted by atomic mass is 15.2. The van der Waals surface area contributed by atoms with Crippen LogP contribution >= 0.6 is 0 Å². The number of aromatic nitrogens is 2. The standard InChI is InChI=1S/C48H22B3N3/c1-5-15-23-13-24-16-6-2-10-20-28-30-22-12-4-8-18-26-14-25-17-7-3-11-21-29-27-19(9-1)31(15)49-33(23)46-34(24)50(32(16)20)36(28)48-39-45(30)53(41(18)22)43(26)37-42(25)52(40(17)21)44(29)38(51(37)39)47(35(27)49)54(46)48/h1-15,23,28,30-31,33-34,46H. The van der Waals surface area contributed by atoms with Gasteiger partial charge in [-0.1, -0.05) is 89.8 Å². The Balaban J connectivity index is 1.14. The number of rotatable bonds is 0. The van der Waals surface area contributed by atoms with E-state index in [0.29, 0.717) is 60.6 Å². The van der Waals surface area contributed by atoms with Crippen LogP contribution in [0.3, 0.4) is 0 Å². The third kappa shape index (κ3) is 1.63. The molecule has 6 heteroatoms. The van der Waals surface area contributed by atoms with Gasteiger partial charge < -0.3 is 13.9 Å². The Morgan fingerprint density at radius 3 is 2.52 bits per heavy atom. The summed E-state index contributed by atoms with van der Waals surface area (Å²) < 4.78 is 5.72. The van der Waals surface area contributed by atoms with E-state index in [2.05, 4.69) is 98.8 Å². The van der Waals surface area contributed by atoms with E-state index in [0.717, 1.165) is 0 Å². The van der Waals surface area contributed by atoms with Gasteiger partial charge in [-0.25, -0.2) is 0 Å². The van der Waals surface area contributed by atoms with Crippen molar-refractivity contribution in [3.63, 3.8) is 0 Å². The van der Waals surface area contributed by atoms with E-state index in [1.165, 1.54) is 49.0 Å². The molecule has 13 aliphatic rings. The van der Waals surface area contributed by atoms with E-state index in [9.17, 15) is 0 Å². The first kappa shape index (κ1) is 23.2. The molecule has 3 aromatic heterocycles. The molecule has 54 heavy (non-hydrogen) atoms. The van der Waals surface area contributed by atoms with Crippen molar-refractivity contribution in [3.8, 4) is 0 Å². The Kier molecular flexibility index (Phi) is 2.66. The van der Waals surface area contributed by atoms with E-state index >= 15 is 0 Å². The molecule has 8 aromatic rings. The van der Waals surface area contributed by atoms with E-state index < -0.39 is 0 Å². The van der Waals surface area contributed by atoms with Crippen molar-refractivity contribution in [2.24, 2.45) is 11.8 Å². The predicted octanol–water partition coefficient (Wildman–Crippen LogP) is 6.69. The molecule has 0 N–H and O–H groups in total. The lowest BCUT2D eigenvalue weighted by atomic mass is 9.21. The van der Waals surface area contributed by atoms with Crippen LogP contribution in [0.5, 0.6) is 0 Å². The Hall–Kier alpha value is -5.61. The van der Waals surface area contributed by atoms with Gasteiger partial charge in [0.2, 0.25) is 6.71 Å². The topological polar surface area (TPSA) is 12.6 Å². The molecule has 3 aliphatic carbocycles. The highest BCUT2D eigenvalue weighted by Gasteiger charge is 2.74. The number of nitrogens with zero attached hydrogens (tertiary/aromatic N) is 3. The van der Waals surface area contributed by atoms with Crippen LogP contribution < -0.4 is 26.8 Å². The van der Waals surface area contributed by atoms with Gasteiger partial charge in [0.15, 0.2) is 6.71 Å². The van der Waals surface area contributed by atoms with Crippen LogP contribution in [0.2, 0.25) is 17.5 Å². The van der Waals surface area contributed by atoms with Gasteiger partial charge in [-0.15, -0.1) is 0 Å². The zero-order valence-corrected chi connectivity index (χ0v) is 28.8. The predicted molar refractivity (Wildman–Crippen MR) is 222 cm³/mol. The van der Waals surface area contributed by atoms with Crippen molar-refractivity contribution in [2.75, 3.05) is 4.90 Å². The van der Waals surface area contributed by atoms with Crippen molar-refractivity contribution < 1.29 is 0 Å². The smallest absolute Gasteiger partial charge is 0.257 e. The number of para-hydroxylation sites is 2. The zero-order valence-electron chi connectivity index (χ0n) is 28.8. The van der Waals surface area contributed by atoms with Gasteiger partial charge in [0.1, 0.15) is 0 Å². The van der Waals surface area contributed by atoms with Crippen LogP contribution in [0.1, 0.15) is 34.1 Å². The lowest BCUT2D eigenvalue weighted by Gasteiger charge is -2.61. The Morgan fingerprint density at radius 1 is 0.667 bits per heavy atom. The van der Waals surface area contributed by atoms with E-state index in [1.807, 2.05) is 5.47 Å². The molecule has 0 radical (unpaired) electrons. The SMILES string of the molecule is C1=CC2C3B4c5c6c7c8c(c5C3=C1)c1cccc3c5cc9c%10cccc%11c%10n%10c9c(c5n8c31)B7C1=C%10C%11C3C5=C1N6C1C6B5c5c(cccc53)C6=CC2C41. The second kappa shape index (κ2) is 6.19. The molecule has 10 aliphatic heterocycles. The Morgan fingerprint density at radius 2 is 1.54 bits per heavy atom. The molecule has 238 valence electrons. The van der Waals surface area contributed by atoms with Gasteiger partial charge in [-0.3, -0.25) is 0 Å². The van der Waals surface area contributed by atoms with Gasteiger partial charge in [-0.05, 0) is 90.6 Å². The molecule has 0 saturated carbocycles. The molecule has 13 heterocycles. The maximum absolute atomic E-state index is 3.16. The number of hydrogen-bond acceptors (Lipinski definition) is 1. The van der Waals surface area contributed by atoms with Crippen LogP contribution in [0.15, 0.2) is 102 Å². The summed E-state index contributed by atoms with van der Waals surface area (Å²) in [5, 5.41) is 8.96. The van der Waals surface area contributed by atoms with Gasteiger partial charge in [0.05, 0.1) is 27.6 Å². The molecule has 8 unspecified atom stereocenters. The van der Waals surface area contributed by atoms with E-state index in [1.54, 1.807) is 88.7 Å². The fourth-order valence-corrected chi connectivity index (χ4v) is 18.3. The minimum absolute atomic E-state index is 0.290. The van der Waals surface area contributed by atoms with Gasteiger partial charge in [0.25, 0.3) is 6.71 Å². The van der Waals surface area contributed by atoms with Crippen LogP contribution in [0.25, 0.3) is 76.7 Å². The van der Waals surface area contributed by atoms with E-state index in [-0.39, 0.29) is 6.71 Å². The molecule has 1 fully saturated rings. The monoisotopic (exact) mass is 673 g/mol. The number of fused-ring (bicyclic) bond motifs is 10. The minimum Gasteiger partial charge on any atom is -0.341 e. The van der Waals surface area contributed by atoms with Gasteiger partial charge in [0, 0.05) is 67.3 Å². The van der Waals surface area contributed by atoms with Crippen molar-refractivity contribution in [1.29, 1.82) is 0 Å². The highest BCUT2D eigenvalue weighted by molar-refractivity contribution is 7.01. The third-order valence-electron chi connectivity index (χ3n) is 18.9. The van der Waals surface area contributed by atoms with Crippen molar-refractivity contribution in [1.82, 2.24) is 8.97 Å². The molecule has 21 rings (SSSR count). The summed E-state index contributed by atoms with van der Waals surface area (Å²) in [6, 6.07) is 25.4. The van der Waals surface area contributed by atoms with Crippen LogP contribution in [-0.4, -0.2) is 35.1 Å². The summed E-state index contributed by atoms with van der Waals surface area (Å²) in [5.74, 6) is 3.77. The van der Waals surface area contributed by atoms with Crippen molar-refractivity contribution >= 4 is 124 Å². The lowest BCUT2D eigenvalue weighted by molar-refractivity contribution is 0.421.